The van der Waals surface area contributed by atoms with Gasteiger partial charge in [-0.15, -0.1) is 11.6 Å². The van der Waals surface area contributed by atoms with Crippen molar-refractivity contribution in [2.75, 3.05) is 17.7 Å². The molecule has 1 aromatic rings. The number of alkyl halides is 1. The highest BCUT2D eigenvalue weighted by molar-refractivity contribution is 9.10. The first kappa shape index (κ1) is 15.1. The predicted molar refractivity (Wildman–Crippen MR) is 70.7 cm³/mol. The third-order valence-corrected chi connectivity index (χ3v) is 3.37. The van der Waals surface area contributed by atoms with Gasteiger partial charge >= 0.3 is 5.69 Å². The molecule has 1 aromatic carbocycles. The quantitative estimate of drug-likeness (QED) is 0.490. The lowest BCUT2D eigenvalue weighted by Crippen LogP contribution is -2.21. The summed E-state index contributed by atoms with van der Waals surface area (Å²) in [6.07, 6.45) is -0.781. The van der Waals surface area contributed by atoms with Crippen LogP contribution in [0.2, 0.25) is 0 Å². The third kappa shape index (κ3) is 3.30. The van der Waals surface area contributed by atoms with E-state index in [-0.39, 0.29) is 16.9 Å². The number of rotatable bonds is 5. The highest BCUT2D eigenvalue weighted by Gasteiger charge is 2.22. The van der Waals surface area contributed by atoms with Crippen LogP contribution < -0.4 is 5.32 Å². The second kappa shape index (κ2) is 6.31. The molecule has 0 fully saturated rings. The number of halogens is 3. The van der Waals surface area contributed by atoms with Crippen molar-refractivity contribution in [2.24, 2.45) is 0 Å². The van der Waals surface area contributed by atoms with Crippen molar-refractivity contribution in [3.63, 3.8) is 0 Å². The lowest BCUT2D eigenvalue weighted by molar-refractivity contribution is -0.387. The molecule has 0 aliphatic rings. The fraction of sp³-hybridized carbons (Fsp3) is 0.400. The van der Waals surface area contributed by atoms with Gasteiger partial charge in [0.2, 0.25) is 5.82 Å². The molecule has 0 spiro atoms. The predicted octanol–water partition coefficient (Wildman–Crippen LogP) is 2.82. The molecule has 5 nitrogen and oxygen atoms in total. The van der Waals surface area contributed by atoms with Crippen LogP contribution in [0.4, 0.5) is 15.8 Å². The zero-order valence-corrected chi connectivity index (χ0v) is 11.8. The number of nitrogens with one attached hydrogen (secondary N) is 1. The number of nitro benzene ring substituents is 1. The molecule has 1 atom stereocenters. The molecule has 0 bridgehead atoms. The molecular weight excluding hydrogens is 330 g/mol. The zero-order chi connectivity index (χ0) is 13.9. The Balaban J connectivity index is 3.07. The third-order valence-electron chi connectivity index (χ3n) is 2.27. The van der Waals surface area contributed by atoms with Gasteiger partial charge in [0.25, 0.3) is 0 Å². The van der Waals surface area contributed by atoms with E-state index in [2.05, 4.69) is 21.2 Å². The number of benzene rings is 1. The number of aliphatic hydroxyl groups excluding tert-OH is 1. The van der Waals surface area contributed by atoms with Gasteiger partial charge in [0.05, 0.1) is 27.1 Å². The standard InChI is InChI=1S/C10H11BrClFN2O3/c1-5-2-7(15(17)18)9(13)8(11)10(5)14-4-6(16)3-12/h2,6,14,16H,3-4H2,1H3. The van der Waals surface area contributed by atoms with Gasteiger partial charge in [0.15, 0.2) is 0 Å². The molecule has 8 heteroatoms. The minimum absolute atomic E-state index is 0.0315. The zero-order valence-electron chi connectivity index (χ0n) is 9.41. The Morgan fingerprint density at radius 3 is 2.83 bits per heavy atom. The topological polar surface area (TPSA) is 75.4 Å². The maximum atomic E-state index is 13.7. The Morgan fingerprint density at radius 1 is 1.72 bits per heavy atom. The van der Waals surface area contributed by atoms with Crippen molar-refractivity contribution >= 4 is 38.9 Å². The molecule has 0 aliphatic carbocycles. The number of aryl methyl sites for hydroxylation is 1. The molecule has 18 heavy (non-hydrogen) atoms. The average molecular weight is 342 g/mol. The summed E-state index contributed by atoms with van der Waals surface area (Å²) in [7, 11) is 0. The van der Waals surface area contributed by atoms with Gasteiger partial charge in [-0.05, 0) is 28.4 Å². The fourth-order valence-corrected chi connectivity index (χ4v) is 2.13. The summed E-state index contributed by atoms with van der Waals surface area (Å²) in [5.41, 5.74) is 0.266. The Labute approximate surface area is 116 Å². The minimum atomic E-state index is -0.950. The van der Waals surface area contributed by atoms with Crippen LogP contribution in [0.5, 0.6) is 0 Å². The van der Waals surface area contributed by atoms with Crippen LogP contribution in [-0.2, 0) is 0 Å². The van der Waals surface area contributed by atoms with Crippen molar-refractivity contribution in [3.8, 4) is 0 Å². The molecule has 1 rings (SSSR count). The van der Waals surface area contributed by atoms with Crippen LogP contribution in [0.25, 0.3) is 0 Å². The minimum Gasteiger partial charge on any atom is -0.390 e. The highest BCUT2D eigenvalue weighted by Crippen LogP contribution is 2.34. The Bertz CT molecular complexity index is 473. The molecule has 0 aliphatic heterocycles. The van der Waals surface area contributed by atoms with Gasteiger partial charge in [0.1, 0.15) is 0 Å². The van der Waals surface area contributed by atoms with E-state index in [1.165, 1.54) is 0 Å². The summed E-state index contributed by atoms with van der Waals surface area (Å²) in [6.45, 7) is 1.73. The van der Waals surface area contributed by atoms with E-state index in [1.807, 2.05) is 0 Å². The fourth-order valence-electron chi connectivity index (χ4n) is 1.36. The highest BCUT2D eigenvalue weighted by atomic mass is 79.9. The summed E-state index contributed by atoms with van der Waals surface area (Å²) in [5, 5.41) is 22.7. The first-order valence-corrected chi connectivity index (χ1v) is 6.32. The molecule has 0 heterocycles. The van der Waals surface area contributed by atoms with Gasteiger partial charge in [-0.2, -0.15) is 4.39 Å². The van der Waals surface area contributed by atoms with Crippen LogP contribution in [0, 0.1) is 22.9 Å². The Morgan fingerprint density at radius 2 is 2.33 bits per heavy atom. The number of anilines is 1. The van der Waals surface area contributed by atoms with E-state index < -0.39 is 22.5 Å². The maximum Gasteiger partial charge on any atom is 0.306 e. The van der Waals surface area contributed by atoms with Crippen LogP contribution in [0.3, 0.4) is 0 Å². The summed E-state index contributed by atoms with van der Waals surface area (Å²) >= 11 is 8.40. The largest absolute Gasteiger partial charge is 0.390 e. The van der Waals surface area contributed by atoms with Gasteiger partial charge in [-0.3, -0.25) is 10.1 Å². The lowest BCUT2D eigenvalue weighted by atomic mass is 10.1. The van der Waals surface area contributed by atoms with Crippen molar-refractivity contribution in [3.05, 3.63) is 32.0 Å². The molecule has 100 valence electrons. The van der Waals surface area contributed by atoms with Gasteiger partial charge in [0, 0.05) is 12.6 Å². The number of hydrogen-bond acceptors (Lipinski definition) is 4. The molecule has 2 N–H and O–H groups in total. The molecule has 0 radical (unpaired) electrons. The maximum absolute atomic E-state index is 13.7. The average Bonchev–Trinajstić information content (AvgIpc) is 2.32. The summed E-state index contributed by atoms with van der Waals surface area (Å²) < 4.78 is 13.7. The Hall–Kier alpha value is -0.920. The number of nitro groups is 1. The molecule has 0 aromatic heterocycles. The SMILES string of the molecule is Cc1cc([N+](=O)[O-])c(F)c(Br)c1NCC(O)CCl. The van der Waals surface area contributed by atoms with Crippen molar-refractivity contribution in [1.82, 2.24) is 0 Å². The lowest BCUT2D eigenvalue weighted by Gasteiger charge is -2.14. The number of aliphatic hydroxyl groups is 1. The van der Waals surface area contributed by atoms with Crippen LogP contribution in [0.1, 0.15) is 5.56 Å². The van der Waals surface area contributed by atoms with E-state index in [1.54, 1.807) is 6.92 Å². The van der Waals surface area contributed by atoms with E-state index in [4.69, 9.17) is 11.6 Å². The van der Waals surface area contributed by atoms with Gasteiger partial charge < -0.3 is 10.4 Å². The van der Waals surface area contributed by atoms with Crippen molar-refractivity contribution in [1.29, 1.82) is 0 Å². The summed E-state index contributed by atoms with van der Waals surface area (Å²) in [4.78, 5) is 9.83. The monoisotopic (exact) mass is 340 g/mol. The first-order chi connectivity index (χ1) is 8.38. The number of nitrogens with zero attached hydrogens (tertiary/aromatic N) is 1. The van der Waals surface area contributed by atoms with Gasteiger partial charge in [-0.25, -0.2) is 0 Å². The molecule has 0 saturated heterocycles. The van der Waals surface area contributed by atoms with E-state index >= 15 is 0 Å². The molecular formula is C10H11BrClFN2O3. The van der Waals surface area contributed by atoms with Gasteiger partial charge in [-0.1, -0.05) is 0 Å². The molecule has 0 amide bonds. The first-order valence-electron chi connectivity index (χ1n) is 4.99. The molecule has 0 saturated carbocycles. The second-order valence-corrected chi connectivity index (χ2v) is 4.76. The van der Waals surface area contributed by atoms with E-state index in [0.717, 1.165) is 6.07 Å². The van der Waals surface area contributed by atoms with Crippen LogP contribution in [0.15, 0.2) is 10.5 Å². The normalized spacial score (nSPS) is 12.3. The Kier molecular flexibility index (Phi) is 5.30. The molecule has 1 unspecified atom stereocenters. The number of hydrogen-bond donors (Lipinski definition) is 2. The second-order valence-electron chi connectivity index (χ2n) is 3.66. The van der Waals surface area contributed by atoms with Crippen LogP contribution in [-0.4, -0.2) is 28.6 Å². The smallest absolute Gasteiger partial charge is 0.306 e. The van der Waals surface area contributed by atoms with Crippen LogP contribution >= 0.6 is 27.5 Å². The van der Waals surface area contributed by atoms with Crippen molar-refractivity contribution in [2.45, 2.75) is 13.0 Å². The van der Waals surface area contributed by atoms with E-state index in [0.29, 0.717) is 11.3 Å². The van der Waals surface area contributed by atoms with Crippen molar-refractivity contribution < 1.29 is 14.4 Å². The van der Waals surface area contributed by atoms with E-state index in [9.17, 15) is 19.6 Å². The summed E-state index contributed by atoms with van der Waals surface area (Å²) in [5.74, 6) is -0.910. The summed E-state index contributed by atoms with van der Waals surface area (Å²) in [6, 6.07) is 1.13.